The van der Waals surface area contributed by atoms with E-state index in [4.69, 9.17) is 9.84 Å². The van der Waals surface area contributed by atoms with Gasteiger partial charge in [-0.15, -0.1) is 0 Å². The highest BCUT2D eigenvalue weighted by Crippen LogP contribution is 2.28. The highest BCUT2D eigenvalue weighted by atomic mass is 79.9. The first kappa shape index (κ1) is 7.51. The maximum Gasteiger partial charge on any atom is 0.0837 e. The predicted octanol–water partition coefficient (Wildman–Crippen LogP) is 1.08. The Balaban J connectivity index is 2.37. The van der Waals surface area contributed by atoms with E-state index in [1.165, 1.54) is 0 Å². The van der Waals surface area contributed by atoms with Crippen LogP contribution in [0.1, 0.15) is 12.8 Å². The number of hydrogen-bond acceptors (Lipinski definition) is 2. The van der Waals surface area contributed by atoms with Crippen molar-refractivity contribution >= 4 is 15.9 Å². The van der Waals surface area contributed by atoms with Crippen LogP contribution in [0.4, 0.5) is 0 Å². The Labute approximate surface area is 63.3 Å². The largest absolute Gasteiger partial charge is 0.395 e. The number of hydrogen-bond donors (Lipinski definition) is 1. The number of alkyl halides is 1. The summed E-state index contributed by atoms with van der Waals surface area (Å²) in [5, 5.41) is 8.81. The number of rotatable bonds is 1. The molecule has 1 unspecified atom stereocenters. The summed E-state index contributed by atoms with van der Waals surface area (Å²) in [5.41, 5.74) is 0. The fourth-order valence-corrected chi connectivity index (χ4v) is 1.17. The molecule has 1 heterocycles. The second-order valence-electron chi connectivity index (χ2n) is 2.33. The maximum atomic E-state index is 8.81. The second-order valence-corrected chi connectivity index (χ2v) is 4.01. The lowest BCUT2D eigenvalue weighted by Gasteiger charge is -2.28. The van der Waals surface area contributed by atoms with Crippen molar-refractivity contribution in [2.45, 2.75) is 17.2 Å². The molecule has 1 aliphatic rings. The molecule has 9 heavy (non-hydrogen) atoms. The van der Waals surface area contributed by atoms with Crippen LogP contribution >= 0.6 is 15.9 Å². The van der Waals surface area contributed by atoms with Gasteiger partial charge in [-0.3, -0.25) is 0 Å². The molecule has 1 fully saturated rings. The zero-order valence-electron chi connectivity index (χ0n) is 5.14. The molecule has 0 aromatic carbocycles. The van der Waals surface area contributed by atoms with Crippen LogP contribution in [0.2, 0.25) is 0 Å². The lowest BCUT2D eigenvalue weighted by Crippen LogP contribution is -2.34. The van der Waals surface area contributed by atoms with Crippen molar-refractivity contribution in [2.75, 3.05) is 13.2 Å². The van der Waals surface area contributed by atoms with Gasteiger partial charge in [-0.2, -0.15) is 0 Å². The molecular weight excluding hydrogens is 184 g/mol. The van der Waals surface area contributed by atoms with Crippen LogP contribution in [0.15, 0.2) is 0 Å². The van der Waals surface area contributed by atoms with E-state index in [2.05, 4.69) is 15.9 Å². The van der Waals surface area contributed by atoms with E-state index in [1.807, 2.05) is 0 Å². The van der Waals surface area contributed by atoms with Crippen molar-refractivity contribution in [1.82, 2.24) is 0 Å². The van der Waals surface area contributed by atoms with Gasteiger partial charge in [0.15, 0.2) is 0 Å². The molecule has 3 heteroatoms. The summed E-state index contributed by atoms with van der Waals surface area (Å²) in [5.74, 6) is 0. The normalized spacial score (nSPS) is 36.7. The molecule has 0 aliphatic carbocycles. The van der Waals surface area contributed by atoms with Crippen LogP contribution in [0.5, 0.6) is 0 Å². The Morgan fingerprint density at radius 3 is 2.89 bits per heavy atom. The third-order valence-electron chi connectivity index (χ3n) is 1.45. The van der Waals surface area contributed by atoms with Crippen molar-refractivity contribution in [3.8, 4) is 0 Å². The Bertz CT molecular complexity index is 89.1. The van der Waals surface area contributed by atoms with Gasteiger partial charge in [0.1, 0.15) is 0 Å². The highest BCUT2D eigenvalue weighted by Gasteiger charge is 2.28. The van der Waals surface area contributed by atoms with Crippen molar-refractivity contribution in [3.05, 3.63) is 6.61 Å². The second kappa shape index (κ2) is 2.99. The Morgan fingerprint density at radius 1 is 1.78 bits per heavy atom. The summed E-state index contributed by atoms with van der Waals surface area (Å²) in [6.07, 6.45) is 1.88. The van der Waals surface area contributed by atoms with Crippen LogP contribution in [0.25, 0.3) is 0 Å². The Hall–Kier alpha value is 0.400. The van der Waals surface area contributed by atoms with E-state index in [-0.39, 0.29) is 10.9 Å². The molecule has 0 aromatic rings. The fourth-order valence-electron chi connectivity index (χ4n) is 0.806. The molecule has 0 spiro atoms. The molecule has 1 N–H and O–H groups in total. The third-order valence-corrected chi connectivity index (χ3v) is 2.33. The SMILES string of the molecule is OCC1(Br)CC[CH]OC1. The first-order valence-electron chi connectivity index (χ1n) is 3.00. The first-order valence-corrected chi connectivity index (χ1v) is 3.79. The van der Waals surface area contributed by atoms with Gasteiger partial charge < -0.3 is 9.84 Å². The van der Waals surface area contributed by atoms with Gasteiger partial charge in [0.05, 0.1) is 24.1 Å². The van der Waals surface area contributed by atoms with Crippen molar-refractivity contribution in [3.63, 3.8) is 0 Å². The Morgan fingerprint density at radius 2 is 2.56 bits per heavy atom. The lowest BCUT2D eigenvalue weighted by atomic mass is 10.0. The molecule has 2 nitrogen and oxygen atoms in total. The summed E-state index contributed by atoms with van der Waals surface area (Å²) in [4.78, 5) is 0. The van der Waals surface area contributed by atoms with Gasteiger partial charge in [-0.25, -0.2) is 0 Å². The van der Waals surface area contributed by atoms with E-state index in [1.54, 1.807) is 6.61 Å². The monoisotopic (exact) mass is 193 g/mol. The van der Waals surface area contributed by atoms with Gasteiger partial charge in [0.25, 0.3) is 0 Å². The van der Waals surface area contributed by atoms with Gasteiger partial charge in [-0.1, -0.05) is 15.9 Å². The van der Waals surface area contributed by atoms with Crippen molar-refractivity contribution in [1.29, 1.82) is 0 Å². The molecule has 1 rings (SSSR count). The topological polar surface area (TPSA) is 29.5 Å². The van der Waals surface area contributed by atoms with E-state index >= 15 is 0 Å². The molecule has 1 aliphatic heterocycles. The maximum absolute atomic E-state index is 8.81. The van der Waals surface area contributed by atoms with Crippen LogP contribution in [0.3, 0.4) is 0 Å². The smallest absolute Gasteiger partial charge is 0.0837 e. The molecule has 0 saturated carbocycles. The molecule has 0 aromatic heterocycles. The van der Waals surface area contributed by atoms with Crippen LogP contribution in [-0.2, 0) is 4.74 Å². The zero-order valence-corrected chi connectivity index (χ0v) is 6.73. The number of aliphatic hydroxyl groups excluding tert-OH is 1. The van der Waals surface area contributed by atoms with E-state index < -0.39 is 0 Å². The van der Waals surface area contributed by atoms with Gasteiger partial charge in [0.2, 0.25) is 0 Å². The van der Waals surface area contributed by atoms with Crippen molar-refractivity contribution in [2.24, 2.45) is 0 Å². The highest BCUT2D eigenvalue weighted by molar-refractivity contribution is 9.10. The van der Waals surface area contributed by atoms with E-state index in [9.17, 15) is 0 Å². The third kappa shape index (κ3) is 1.92. The molecule has 0 bridgehead atoms. The Kier molecular flexibility index (Phi) is 2.50. The molecular formula is C6H10BrO2. The van der Waals surface area contributed by atoms with Crippen LogP contribution < -0.4 is 0 Å². The zero-order chi connectivity index (χ0) is 6.74. The summed E-state index contributed by atoms with van der Waals surface area (Å²) in [6.45, 7) is 2.53. The van der Waals surface area contributed by atoms with E-state index in [0.717, 1.165) is 12.8 Å². The van der Waals surface area contributed by atoms with Gasteiger partial charge in [-0.05, 0) is 12.8 Å². The molecule has 0 amide bonds. The lowest BCUT2D eigenvalue weighted by molar-refractivity contribution is 0.0929. The minimum atomic E-state index is -0.165. The van der Waals surface area contributed by atoms with Gasteiger partial charge in [0, 0.05) is 0 Å². The molecule has 1 radical (unpaired) electrons. The van der Waals surface area contributed by atoms with Crippen LogP contribution in [0, 0.1) is 6.61 Å². The fraction of sp³-hybridized carbons (Fsp3) is 0.833. The summed E-state index contributed by atoms with van der Waals surface area (Å²) >= 11 is 3.40. The molecule has 53 valence electrons. The van der Waals surface area contributed by atoms with Crippen molar-refractivity contribution < 1.29 is 9.84 Å². The van der Waals surface area contributed by atoms with Gasteiger partial charge >= 0.3 is 0 Å². The summed E-state index contributed by atoms with van der Waals surface area (Å²) in [7, 11) is 0. The summed E-state index contributed by atoms with van der Waals surface area (Å²) in [6, 6.07) is 0. The summed E-state index contributed by atoms with van der Waals surface area (Å²) < 4.78 is 4.88. The number of aliphatic hydroxyl groups is 1. The minimum Gasteiger partial charge on any atom is -0.395 e. The molecule has 1 saturated heterocycles. The van der Waals surface area contributed by atoms with Crippen LogP contribution in [-0.4, -0.2) is 22.6 Å². The average molecular weight is 194 g/mol. The molecule has 1 atom stereocenters. The van der Waals surface area contributed by atoms with E-state index in [0.29, 0.717) is 6.61 Å². The quantitative estimate of drug-likeness (QED) is 0.633. The number of halogens is 1. The first-order chi connectivity index (χ1) is 4.27. The average Bonchev–Trinajstić information content (AvgIpc) is 1.90. The predicted molar refractivity (Wildman–Crippen MR) is 38.2 cm³/mol. The standard InChI is InChI=1S/C6H10BrO2/c7-6(4-8)2-1-3-9-5-6/h3,8H,1-2,4-5H2. The minimum absolute atomic E-state index is 0.154. The number of ether oxygens (including phenoxy) is 1.